The van der Waals surface area contributed by atoms with Gasteiger partial charge in [0.1, 0.15) is 5.82 Å². The molecule has 0 radical (unpaired) electrons. The number of amidine groups is 1. The van der Waals surface area contributed by atoms with E-state index in [4.69, 9.17) is 0 Å². The Labute approximate surface area is 113 Å². The average molecular weight is 317 g/mol. The van der Waals surface area contributed by atoms with Gasteiger partial charge in [-0.05, 0) is 47.0 Å². The fraction of sp³-hybridized carbons (Fsp3) is 0.417. The molecule has 1 aliphatic heterocycles. The third-order valence-electron chi connectivity index (χ3n) is 2.69. The molecule has 0 saturated heterocycles. The Bertz CT molecular complexity index is 462. The zero-order valence-electron chi connectivity index (χ0n) is 9.76. The van der Waals surface area contributed by atoms with E-state index >= 15 is 0 Å². The van der Waals surface area contributed by atoms with Crippen LogP contribution in [0.15, 0.2) is 21.6 Å². The molecule has 17 heavy (non-hydrogen) atoms. The molecule has 5 heteroatoms. The van der Waals surface area contributed by atoms with E-state index in [0.717, 1.165) is 28.6 Å². The van der Waals surface area contributed by atoms with Crippen LogP contribution in [-0.2, 0) is 0 Å². The van der Waals surface area contributed by atoms with Crippen molar-refractivity contribution in [2.24, 2.45) is 4.99 Å². The van der Waals surface area contributed by atoms with Gasteiger partial charge >= 0.3 is 0 Å². The van der Waals surface area contributed by atoms with Crippen LogP contribution < -0.4 is 5.32 Å². The van der Waals surface area contributed by atoms with Gasteiger partial charge in [-0.25, -0.2) is 4.39 Å². The Morgan fingerprint density at radius 3 is 3.00 bits per heavy atom. The second kappa shape index (κ2) is 5.40. The van der Waals surface area contributed by atoms with E-state index in [2.05, 4.69) is 33.2 Å². The van der Waals surface area contributed by atoms with Gasteiger partial charge in [0.25, 0.3) is 0 Å². The summed E-state index contributed by atoms with van der Waals surface area (Å²) in [6.45, 7) is 4.02. The monoisotopic (exact) mass is 316 g/mol. The SMILES string of the molecule is CCC1CSC(Nc2cc(Br)c(F)cc2C)=N1. The predicted octanol–water partition coefficient (Wildman–Crippen LogP) is 4.19. The number of thioether (sulfide) groups is 1. The molecule has 1 atom stereocenters. The number of halogens is 2. The number of aliphatic imine (C=N–C) groups is 1. The summed E-state index contributed by atoms with van der Waals surface area (Å²) in [4.78, 5) is 4.55. The van der Waals surface area contributed by atoms with Gasteiger partial charge in [-0.3, -0.25) is 4.99 Å². The first kappa shape index (κ1) is 12.9. The summed E-state index contributed by atoms with van der Waals surface area (Å²) in [7, 11) is 0. The lowest BCUT2D eigenvalue weighted by molar-refractivity contribution is 0.620. The van der Waals surface area contributed by atoms with E-state index in [1.165, 1.54) is 6.07 Å². The van der Waals surface area contributed by atoms with Gasteiger partial charge in [-0.15, -0.1) is 0 Å². The van der Waals surface area contributed by atoms with Crippen LogP contribution in [0.5, 0.6) is 0 Å². The quantitative estimate of drug-likeness (QED) is 0.884. The molecule has 0 spiro atoms. The van der Waals surface area contributed by atoms with Gasteiger partial charge in [0.05, 0.1) is 10.5 Å². The Hall–Kier alpha value is -0.550. The van der Waals surface area contributed by atoms with Gasteiger partial charge in [0.15, 0.2) is 5.17 Å². The normalized spacial score (nSPS) is 19.3. The van der Waals surface area contributed by atoms with Gasteiger partial charge in [-0.1, -0.05) is 18.7 Å². The van der Waals surface area contributed by atoms with Crippen LogP contribution in [0.4, 0.5) is 10.1 Å². The van der Waals surface area contributed by atoms with Crippen LogP contribution in [-0.4, -0.2) is 17.0 Å². The number of rotatable bonds is 2. The minimum Gasteiger partial charge on any atom is -0.335 e. The maximum atomic E-state index is 13.3. The Morgan fingerprint density at radius 1 is 1.59 bits per heavy atom. The highest BCUT2D eigenvalue weighted by Gasteiger charge is 2.17. The fourth-order valence-electron chi connectivity index (χ4n) is 1.59. The molecule has 0 saturated carbocycles. The summed E-state index contributed by atoms with van der Waals surface area (Å²) in [6, 6.07) is 3.68. The lowest BCUT2D eigenvalue weighted by Crippen LogP contribution is -2.07. The summed E-state index contributed by atoms with van der Waals surface area (Å²) < 4.78 is 13.8. The average Bonchev–Trinajstić information content (AvgIpc) is 2.73. The molecular weight excluding hydrogens is 303 g/mol. The lowest BCUT2D eigenvalue weighted by atomic mass is 10.2. The number of aryl methyl sites for hydroxylation is 1. The first-order chi connectivity index (χ1) is 8.10. The van der Waals surface area contributed by atoms with Crippen molar-refractivity contribution in [3.8, 4) is 0 Å². The maximum Gasteiger partial charge on any atom is 0.161 e. The first-order valence-corrected chi connectivity index (χ1v) is 7.31. The first-order valence-electron chi connectivity index (χ1n) is 5.53. The summed E-state index contributed by atoms with van der Waals surface area (Å²) in [6.07, 6.45) is 1.06. The van der Waals surface area contributed by atoms with E-state index in [0.29, 0.717) is 10.5 Å². The van der Waals surface area contributed by atoms with Gasteiger partial charge in [0, 0.05) is 11.4 Å². The van der Waals surface area contributed by atoms with Crippen LogP contribution in [0.1, 0.15) is 18.9 Å². The highest BCUT2D eigenvalue weighted by molar-refractivity contribution is 9.10. The number of nitrogens with one attached hydrogen (secondary N) is 1. The molecule has 0 bridgehead atoms. The number of hydrogen-bond acceptors (Lipinski definition) is 3. The van der Waals surface area contributed by atoms with E-state index in [1.54, 1.807) is 17.8 Å². The second-order valence-corrected chi connectivity index (χ2v) is 5.88. The Morgan fingerprint density at radius 2 is 2.35 bits per heavy atom. The van der Waals surface area contributed by atoms with E-state index in [9.17, 15) is 4.39 Å². The Kier molecular flexibility index (Phi) is 4.09. The van der Waals surface area contributed by atoms with Crippen LogP contribution in [0.3, 0.4) is 0 Å². The van der Waals surface area contributed by atoms with Crippen molar-refractivity contribution >= 4 is 38.5 Å². The molecule has 0 aliphatic carbocycles. The van der Waals surface area contributed by atoms with E-state index in [-0.39, 0.29) is 5.82 Å². The number of anilines is 1. The summed E-state index contributed by atoms with van der Waals surface area (Å²) in [5.41, 5.74) is 1.79. The fourth-order valence-corrected chi connectivity index (χ4v) is 3.00. The zero-order chi connectivity index (χ0) is 12.4. The van der Waals surface area contributed by atoms with Crippen LogP contribution in [0.2, 0.25) is 0 Å². The molecule has 2 rings (SSSR count). The van der Waals surface area contributed by atoms with Crippen molar-refractivity contribution in [3.05, 3.63) is 28.0 Å². The maximum absolute atomic E-state index is 13.3. The molecule has 1 N–H and O–H groups in total. The molecule has 1 unspecified atom stereocenters. The Balaban J connectivity index is 2.17. The number of benzene rings is 1. The third-order valence-corrected chi connectivity index (χ3v) is 4.33. The van der Waals surface area contributed by atoms with Crippen molar-refractivity contribution < 1.29 is 4.39 Å². The summed E-state index contributed by atoms with van der Waals surface area (Å²) in [5, 5.41) is 4.19. The van der Waals surface area contributed by atoms with Crippen molar-refractivity contribution in [1.82, 2.24) is 0 Å². The van der Waals surface area contributed by atoms with Crippen molar-refractivity contribution in [1.29, 1.82) is 0 Å². The molecule has 1 aromatic carbocycles. The molecule has 2 nitrogen and oxygen atoms in total. The zero-order valence-corrected chi connectivity index (χ0v) is 12.2. The highest BCUT2D eigenvalue weighted by Crippen LogP contribution is 2.27. The molecule has 0 aromatic heterocycles. The molecule has 0 amide bonds. The highest BCUT2D eigenvalue weighted by atomic mass is 79.9. The van der Waals surface area contributed by atoms with E-state index < -0.39 is 0 Å². The largest absolute Gasteiger partial charge is 0.335 e. The molecule has 92 valence electrons. The van der Waals surface area contributed by atoms with Crippen LogP contribution in [0, 0.1) is 12.7 Å². The third kappa shape index (κ3) is 3.01. The topological polar surface area (TPSA) is 24.4 Å². The minimum atomic E-state index is -0.236. The van der Waals surface area contributed by atoms with Crippen LogP contribution >= 0.6 is 27.7 Å². The standard InChI is InChI=1S/C12H14BrFN2S/c1-3-8-6-17-12(15-8)16-11-5-9(13)10(14)4-7(11)2/h4-5,8H,3,6H2,1-2H3,(H,15,16). The minimum absolute atomic E-state index is 0.236. The van der Waals surface area contributed by atoms with Gasteiger partial charge < -0.3 is 5.32 Å². The molecule has 1 aliphatic rings. The van der Waals surface area contributed by atoms with Crippen molar-refractivity contribution in [2.75, 3.05) is 11.1 Å². The second-order valence-electron chi connectivity index (χ2n) is 4.01. The lowest BCUT2D eigenvalue weighted by Gasteiger charge is -2.09. The smallest absolute Gasteiger partial charge is 0.161 e. The number of nitrogens with zero attached hydrogens (tertiary/aromatic N) is 1. The van der Waals surface area contributed by atoms with Crippen LogP contribution in [0.25, 0.3) is 0 Å². The van der Waals surface area contributed by atoms with E-state index in [1.807, 2.05) is 6.92 Å². The summed E-state index contributed by atoms with van der Waals surface area (Å²) in [5.74, 6) is 0.792. The van der Waals surface area contributed by atoms with Gasteiger partial charge in [-0.2, -0.15) is 0 Å². The summed E-state index contributed by atoms with van der Waals surface area (Å²) >= 11 is 4.91. The molecular formula is C12H14BrFN2S. The number of hydrogen-bond donors (Lipinski definition) is 1. The van der Waals surface area contributed by atoms with Crippen molar-refractivity contribution in [3.63, 3.8) is 0 Å². The predicted molar refractivity (Wildman–Crippen MR) is 76.4 cm³/mol. The molecule has 1 heterocycles. The van der Waals surface area contributed by atoms with Gasteiger partial charge in [0.2, 0.25) is 0 Å². The van der Waals surface area contributed by atoms with Crippen molar-refractivity contribution in [2.45, 2.75) is 26.3 Å². The molecule has 1 aromatic rings. The molecule has 0 fully saturated rings.